The van der Waals surface area contributed by atoms with Crippen molar-refractivity contribution in [1.29, 1.82) is 0 Å². The second kappa shape index (κ2) is 4.95. The van der Waals surface area contributed by atoms with E-state index in [0.29, 0.717) is 5.92 Å². The highest BCUT2D eigenvalue weighted by Crippen LogP contribution is 2.50. The molecule has 0 aromatic heterocycles. The Hall–Kier alpha value is -0.683. The van der Waals surface area contributed by atoms with Crippen LogP contribution in [0.4, 0.5) is 0 Å². The molecule has 112 valence electrons. The summed E-state index contributed by atoms with van der Waals surface area (Å²) in [7, 11) is -1.58. The van der Waals surface area contributed by atoms with Gasteiger partial charge in [0.2, 0.25) is 11.8 Å². The molecule has 3 aliphatic rings. The quantitative estimate of drug-likeness (QED) is 0.628. The van der Waals surface area contributed by atoms with Crippen LogP contribution in [0, 0.1) is 23.7 Å². The molecule has 5 heteroatoms. The number of carbonyl (C=O) groups is 2. The molecule has 2 saturated carbocycles. The van der Waals surface area contributed by atoms with Gasteiger partial charge in [0.15, 0.2) is 8.32 Å². The van der Waals surface area contributed by atoms with Gasteiger partial charge in [-0.3, -0.25) is 14.9 Å². The van der Waals surface area contributed by atoms with Crippen molar-refractivity contribution in [3.63, 3.8) is 0 Å². The van der Waals surface area contributed by atoms with Crippen LogP contribution in [0.5, 0.6) is 0 Å². The van der Waals surface area contributed by atoms with Crippen LogP contribution < -0.4 is 5.32 Å². The number of piperidine rings is 1. The molecule has 1 aliphatic heterocycles. The van der Waals surface area contributed by atoms with Gasteiger partial charge in [-0.25, -0.2) is 0 Å². The number of hydrogen-bond donors (Lipinski definition) is 1. The van der Waals surface area contributed by atoms with Gasteiger partial charge in [0.1, 0.15) is 0 Å². The Labute approximate surface area is 121 Å². The molecule has 1 heterocycles. The molecule has 1 N–H and O–H groups in total. The van der Waals surface area contributed by atoms with Gasteiger partial charge in [-0.05, 0) is 57.2 Å². The SMILES string of the molecule is C[Si](C)(C)OC1CCC2C(=O)NC(=O)C3CCCC1C32. The van der Waals surface area contributed by atoms with Gasteiger partial charge in [-0.15, -0.1) is 0 Å². The number of rotatable bonds is 2. The lowest BCUT2D eigenvalue weighted by atomic mass is 9.58. The Balaban J connectivity index is 1.85. The lowest BCUT2D eigenvalue weighted by molar-refractivity contribution is -0.153. The van der Waals surface area contributed by atoms with Gasteiger partial charge in [0.05, 0.1) is 0 Å². The van der Waals surface area contributed by atoms with E-state index in [1.807, 2.05) is 0 Å². The predicted molar refractivity (Wildman–Crippen MR) is 78.4 cm³/mol. The molecule has 20 heavy (non-hydrogen) atoms. The Kier molecular flexibility index (Phi) is 3.53. The van der Waals surface area contributed by atoms with Crippen LogP contribution in [0.25, 0.3) is 0 Å². The standard InChI is InChI=1S/C15H25NO3Si/c1-20(2,3)19-12-8-7-11-13-9(12)5-4-6-10(13)14(17)16-15(11)18/h9-13H,4-8H2,1-3H3,(H,16,17,18). The molecule has 2 amide bonds. The fourth-order valence-corrected chi connectivity index (χ4v) is 5.74. The van der Waals surface area contributed by atoms with Crippen molar-refractivity contribution in [3.8, 4) is 0 Å². The van der Waals surface area contributed by atoms with Crippen LogP contribution in [0.2, 0.25) is 19.6 Å². The van der Waals surface area contributed by atoms with E-state index in [1.165, 1.54) is 0 Å². The largest absolute Gasteiger partial charge is 0.414 e. The lowest BCUT2D eigenvalue weighted by Gasteiger charge is -2.51. The maximum Gasteiger partial charge on any atom is 0.229 e. The highest BCUT2D eigenvalue weighted by molar-refractivity contribution is 6.69. The van der Waals surface area contributed by atoms with Crippen LogP contribution >= 0.6 is 0 Å². The minimum atomic E-state index is -1.58. The number of amides is 2. The number of imide groups is 1. The van der Waals surface area contributed by atoms with Crippen molar-refractivity contribution in [2.75, 3.05) is 0 Å². The summed E-state index contributed by atoms with van der Waals surface area (Å²) in [4.78, 5) is 24.2. The number of hydrogen-bond acceptors (Lipinski definition) is 3. The van der Waals surface area contributed by atoms with Crippen LogP contribution in [-0.4, -0.2) is 26.2 Å². The summed E-state index contributed by atoms with van der Waals surface area (Å²) in [6.07, 6.45) is 5.27. The van der Waals surface area contributed by atoms with Crippen LogP contribution in [-0.2, 0) is 14.0 Å². The second-order valence-corrected chi connectivity index (χ2v) is 12.0. The molecule has 2 aliphatic carbocycles. The Bertz CT molecular complexity index is 415. The number of carbonyl (C=O) groups excluding carboxylic acids is 2. The van der Waals surface area contributed by atoms with Crippen molar-refractivity contribution in [2.45, 2.75) is 57.8 Å². The Morgan fingerprint density at radius 3 is 2.30 bits per heavy atom. The van der Waals surface area contributed by atoms with E-state index >= 15 is 0 Å². The fraction of sp³-hybridized carbons (Fsp3) is 0.867. The monoisotopic (exact) mass is 295 g/mol. The van der Waals surface area contributed by atoms with Crippen LogP contribution in [0.15, 0.2) is 0 Å². The van der Waals surface area contributed by atoms with E-state index in [4.69, 9.17) is 4.43 Å². The highest BCUT2D eigenvalue weighted by atomic mass is 28.4. The van der Waals surface area contributed by atoms with Gasteiger partial charge < -0.3 is 4.43 Å². The van der Waals surface area contributed by atoms with Crippen molar-refractivity contribution in [3.05, 3.63) is 0 Å². The van der Waals surface area contributed by atoms with Gasteiger partial charge >= 0.3 is 0 Å². The van der Waals surface area contributed by atoms with E-state index < -0.39 is 8.32 Å². The Morgan fingerprint density at radius 2 is 1.65 bits per heavy atom. The summed E-state index contributed by atoms with van der Waals surface area (Å²) >= 11 is 0. The van der Waals surface area contributed by atoms with E-state index in [2.05, 4.69) is 25.0 Å². The first-order chi connectivity index (χ1) is 9.37. The first-order valence-electron chi connectivity index (χ1n) is 7.89. The molecule has 0 bridgehead atoms. The molecule has 3 fully saturated rings. The Morgan fingerprint density at radius 1 is 1.00 bits per heavy atom. The molecule has 5 unspecified atom stereocenters. The van der Waals surface area contributed by atoms with Crippen molar-refractivity contribution < 1.29 is 14.0 Å². The van der Waals surface area contributed by atoms with Crippen LogP contribution in [0.1, 0.15) is 32.1 Å². The zero-order chi connectivity index (χ0) is 14.5. The second-order valence-electron chi connectivity index (χ2n) is 7.58. The van der Waals surface area contributed by atoms with E-state index in [1.54, 1.807) is 0 Å². The lowest BCUT2D eigenvalue weighted by Crippen LogP contribution is -2.59. The topological polar surface area (TPSA) is 55.4 Å². The average Bonchev–Trinajstić information content (AvgIpc) is 2.35. The summed E-state index contributed by atoms with van der Waals surface area (Å²) in [5, 5.41) is 2.59. The van der Waals surface area contributed by atoms with E-state index in [9.17, 15) is 9.59 Å². The third-order valence-corrected chi connectivity index (χ3v) is 6.15. The summed E-state index contributed by atoms with van der Waals surface area (Å²) in [6, 6.07) is 0. The summed E-state index contributed by atoms with van der Waals surface area (Å²) < 4.78 is 6.38. The normalized spacial score (nSPS) is 41.0. The minimum absolute atomic E-state index is 0.0328. The molecule has 4 nitrogen and oxygen atoms in total. The van der Waals surface area contributed by atoms with E-state index in [-0.39, 0.29) is 35.7 Å². The zero-order valence-corrected chi connectivity index (χ0v) is 13.6. The summed E-state index contributed by atoms with van der Waals surface area (Å²) in [6.45, 7) is 6.66. The first-order valence-corrected chi connectivity index (χ1v) is 11.3. The smallest absolute Gasteiger partial charge is 0.229 e. The predicted octanol–water partition coefficient (Wildman–Crippen LogP) is 2.31. The van der Waals surface area contributed by atoms with Crippen molar-refractivity contribution in [1.82, 2.24) is 5.32 Å². The molecule has 5 atom stereocenters. The minimum Gasteiger partial charge on any atom is -0.414 e. The molecular weight excluding hydrogens is 270 g/mol. The fourth-order valence-electron chi connectivity index (χ4n) is 4.54. The molecule has 0 aromatic rings. The molecule has 0 radical (unpaired) electrons. The van der Waals surface area contributed by atoms with Gasteiger partial charge in [0.25, 0.3) is 0 Å². The maximum absolute atomic E-state index is 12.1. The average molecular weight is 295 g/mol. The van der Waals surface area contributed by atoms with Crippen molar-refractivity contribution in [2.24, 2.45) is 23.7 Å². The zero-order valence-electron chi connectivity index (χ0n) is 12.6. The van der Waals surface area contributed by atoms with Gasteiger partial charge in [-0.2, -0.15) is 0 Å². The van der Waals surface area contributed by atoms with Gasteiger partial charge in [-0.1, -0.05) is 6.42 Å². The molecule has 3 rings (SSSR count). The first kappa shape index (κ1) is 14.3. The summed E-state index contributed by atoms with van der Waals surface area (Å²) in [5.41, 5.74) is 0. The van der Waals surface area contributed by atoms with Crippen molar-refractivity contribution >= 4 is 20.1 Å². The third-order valence-electron chi connectivity index (χ3n) is 5.14. The molecular formula is C15H25NO3Si. The molecule has 0 spiro atoms. The molecule has 1 saturated heterocycles. The highest BCUT2D eigenvalue weighted by Gasteiger charge is 2.53. The maximum atomic E-state index is 12.1. The third kappa shape index (κ3) is 2.46. The van der Waals surface area contributed by atoms with E-state index in [0.717, 1.165) is 32.1 Å². The molecule has 0 aromatic carbocycles. The van der Waals surface area contributed by atoms with Crippen LogP contribution in [0.3, 0.4) is 0 Å². The number of nitrogens with one attached hydrogen (secondary N) is 1. The van der Waals surface area contributed by atoms with Gasteiger partial charge in [0, 0.05) is 17.9 Å². The summed E-state index contributed by atoms with van der Waals surface area (Å²) in [5.74, 6) is 0.674.